The highest BCUT2D eigenvalue weighted by Crippen LogP contribution is 2.45. The molecule has 1 heterocycles. The Morgan fingerprint density at radius 2 is 0.794 bits per heavy atom. The minimum Gasteiger partial charge on any atom is -0.356 e. The quantitative estimate of drug-likeness (QED) is 0.140. The van der Waals surface area contributed by atoms with E-state index in [1.165, 1.54) is 37.0 Å². The van der Waals surface area contributed by atoms with Crippen LogP contribution in [0.25, 0.3) is 26.9 Å². The van der Waals surface area contributed by atoms with Gasteiger partial charge in [-0.25, -0.2) is 0 Å². The third-order valence-electron chi connectivity index (χ3n) is 11.8. The number of anilines is 10. The van der Waals surface area contributed by atoms with E-state index in [1.807, 2.05) is 17.4 Å². The first-order valence-electron chi connectivity index (χ1n) is 21.5. The van der Waals surface area contributed by atoms with Gasteiger partial charge in [-0.05, 0) is 163 Å². The van der Waals surface area contributed by atoms with Crippen LogP contribution in [0.5, 0.6) is 0 Å². The summed E-state index contributed by atoms with van der Waals surface area (Å²) in [6.45, 7) is 0. The number of nitrogens with zero attached hydrogens (tertiary/aromatic N) is 3. The van der Waals surface area contributed by atoms with Crippen LogP contribution < -0.4 is 20.0 Å². The summed E-state index contributed by atoms with van der Waals surface area (Å²) in [5.74, 6) is 0. The van der Waals surface area contributed by atoms with Crippen LogP contribution in [0.1, 0.15) is 16.9 Å². The molecular weight excluding hydrogens is 785 g/mol. The molecule has 0 bridgehead atoms. The van der Waals surface area contributed by atoms with Crippen molar-refractivity contribution in [2.24, 2.45) is 0 Å². The van der Waals surface area contributed by atoms with Gasteiger partial charge in [0.15, 0.2) is 0 Å². The number of thiophene rings is 1. The summed E-state index contributed by atoms with van der Waals surface area (Å²) < 4.78 is 1.31. The molecule has 0 radical (unpaired) electrons. The fourth-order valence-corrected chi connectivity index (χ4v) is 10.0. The molecule has 0 amide bonds. The van der Waals surface area contributed by atoms with Crippen molar-refractivity contribution in [3.05, 3.63) is 247 Å². The van der Waals surface area contributed by atoms with Gasteiger partial charge < -0.3 is 20.0 Å². The van der Waals surface area contributed by atoms with Gasteiger partial charge in [-0.2, -0.15) is 0 Å². The third-order valence-corrected chi connectivity index (χ3v) is 13.1. The van der Waals surface area contributed by atoms with Crippen molar-refractivity contribution in [1.29, 1.82) is 0 Å². The molecule has 11 rings (SSSR count). The van der Waals surface area contributed by atoms with E-state index in [-0.39, 0.29) is 0 Å². The number of hydrogen-bond acceptors (Lipinski definition) is 5. The van der Waals surface area contributed by atoms with Gasteiger partial charge >= 0.3 is 0 Å². The highest BCUT2D eigenvalue weighted by atomic mass is 32.1. The van der Waals surface area contributed by atoms with E-state index >= 15 is 0 Å². The Morgan fingerprint density at radius 3 is 1.41 bits per heavy atom. The maximum absolute atomic E-state index is 3.55. The lowest BCUT2D eigenvalue weighted by Gasteiger charge is -2.30. The Bertz CT molecular complexity index is 3180. The Morgan fingerprint density at radius 1 is 0.349 bits per heavy atom. The molecule has 1 aliphatic rings. The van der Waals surface area contributed by atoms with Crippen molar-refractivity contribution in [2.45, 2.75) is 12.8 Å². The second-order valence-electron chi connectivity index (χ2n) is 15.9. The number of benzene rings is 9. The standard InChI is InChI=1S/C58H44N4S/c1-5-17-44(18-6-1)59-45-26-29-49(30-27-45)61(47-21-9-3-10-22-47)53-35-37-57-55(40-53)56-41-54(36-38-58(56)63-57)62(48-23-11-4-12-24-48)51-33-31-50(32-34-51)60(46-19-7-2-8-20-46)52-28-25-42-15-13-14-16-43(42)39-52/h1-34,36,38-41,59H,35,37H2. The maximum atomic E-state index is 3.55. The molecule has 5 heteroatoms. The van der Waals surface area contributed by atoms with Crippen molar-refractivity contribution >= 4 is 95.1 Å². The lowest BCUT2D eigenvalue weighted by molar-refractivity contribution is 0.911. The average molecular weight is 829 g/mol. The molecule has 302 valence electrons. The summed E-state index contributed by atoms with van der Waals surface area (Å²) in [5, 5.41) is 7.27. The lowest BCUT2D eigenvalue weighted by Crippen LogP contribution is -2.18. The first-order valence-corrected chi connectivity index (χ1v) is 22.4. The van der Waals surface area contributed by atoms with Gasteiger partial charge in [0.2, 0.25) is 0 Å². The first kappa shape index (κ1) is 38.1. The zero-order valence-electron chi connectivity index (χ0n) is 34.7. The Balaban J connectivity index is 0.964. The van der Waals surface area contributed by atoms with Crippen LogP contribution in [0.15, 0.2) is 236 Å². The average Bonchev–Trinajstić information content (AvgIpc) is 3.71. The minimum absolute atomic E-state index is 0.952. The molecule has 0 unspecified atom stereocenters. The van der Waals surface area contributed by atoms with E-state index in [9.17, 15) is 0 Å². The van der Waals surface area contributed by atoms with Crippen LogP contribution in [-0.2, 0) is 6.42 Å². The molecule has 0 fully saturated rings. The van der Waals surface area contributed by atoms with Gasteiger partial charge in [0.25, 0.3) is 0 Å². The number of aryl methyl sites for hydroxylation is 1. The van der Waals surface area contributed by atoms with E-state index in [4.69, 9.17) is 0 Å². The van der Waals surface area contributed by atoms with Crippen molar-refractivity contribution in [3.8, 4) is 0 Å². The van der Waals surface area contributed by atoms with Crippen LogP contribution in [0.4, 0.5) is 56.9 Å². The van der Waals surface area contributed by atoms with E-state index in [0.717, 1.165) is 69.7 Å². The van der Waals surface area contributed by atoms with Gasteiger partial charge in [-0.3, -0.25) is 0 Å². The van der Waals surface area contributed by atoms with Crippen LogP contribution >= 0.6 is 11.3 Å². The third kappa shape index (κ3) is 7.71. The van der Waals surface area contributed by atoms with Crippen LogP contribution in [0.3, 0.4) is 0 Å². The van der Waals surface area contributed by atoms with Crippen LogP contribution in [-0.4, -0.2) is 0 Å². The highest BCUT2D eigenvalue weighted by molar-refractivity contribution is 7.19. The van der Waals surface area contributed by atoms with E-state index in [2.05, 4.69) is 251 Å². The number of fused-ring (bicyclic) bond motifs is 4. The zero-order chi connectivity index (χ0) is 42.0. The second-order valence-corrected chi connectivity index (χ2v) is 17.0. The fraction of sp³-hybridized carbons (Fsp3) is 0.0345. The van der Waals surface area contributed by atoms with Crippen molar-refractivity contribution in [1.82, 2.24) is 0 Å². The predicted octanol–water partition coefficient (Wildman–Crippen LogP) is 16.9. The van der Waals surface area contributed by atoms with Gasteiger partial charge in [-0.15, -0.1) is 11.3 Å². The van der Waals surface area contributed by atoms with Gasteiger partial charge in [0.1, 0.15) is 0 Å². The van der Waals surface area contributed by atoms with Crippen LogP contribution in [0.2, 0.25) is 0 Å². The highest BCUT2D eigenvalue weighted by Gasteiger charge is 2.24. The summed E-state index contributed by atoms with van der Waals surface area (Å²) in [6, 6.07) is 82.5. The normalized spacial score (nSPS) is 12.1. The van der Waals surface area contributed by atoms with Crippen LogP contribution in [0, 0.1) is 0 Å². The van der Waals surface area contributed by atoms with Crippen molar-refractivity contribution in [2.75, 3.05) is 20.0 Å². The summed E-state index contributed by atoms with van der Waals surface area (Å²) in [4.78, 5) is 8.58. The molecule has 63 heavy (non-hydrogen) atoms. The number of nitrogens with one attached hydrogen (secondary N) is 1. The number of allylic oxidation sites excluding steroid dienone is 1. The SMILES string of the molecule is C1=C(N(c2ccccc2)c2ccc(Nc3ccccc3)cc2)CCc2sc3ccc(N(c4ccccc4)c4ccc(N(c5ccccc5)c5ccc6ccccc6c5)cc4)cc3c21. The Labute approximate surface area is 372 Å². The lowest BCUT2D eigenvalue weighted by atomic mass is 9.98. The van der Waals surface area contributed by atoms with Gasteiger partial charge in [0, 0.05) is 77.5 Å². The summed E-state index contributed by atoms with van der Waals surface area (Å²) in [6.07, 6.45) is 4.39. The molecule has 4 nitrogen and oxygen atoms in total. The summed E-state index contributed by atoms with van der Waals surface area (Å²) in [7, 11) is 0. The molecular formula is C58H44N4S. The monoisotopic (exact) mass is 828 g/mol. The van der Waals surface area contributed by atoms with E-state index in [1.54, 1.807) is 0 Å². The summed E-state index contributed by atoms with van der Waals surface area (Å²) in [5.41, 5.74) is 13.7. The predicted molar refractivity (Wildman–Crippen MR) is 270 cm³/mol. The maximum Gasteiger partial charge on any atom is 0.0468 e. The number of hydrogen-bond donors (Lipinski definition) is 1. The topological polar surface area (TPSA) is 21.8 Å². The molecule has 0 saturated heterocycles. The van der Waals surface area contributed by atoms with E-state index in [0.29, 0.717) is 0 Å². The van der Waals surface area contributed by atoms with Gasteiger partial charge in [-0.1, -0.05) is 103 Å². The molecule has 0 aliphatic heterocycles. The fourth-order valence-electron chi connectivity index (χ4n) is 8.85. The molecule has 10 aromatic rings. The second kappa shape index (κ2) is 16.9. The zero-order valence-corrected chi connectivity index (χ0v) is 35.5. The molecule has 0 spiro atoms. The number of para-hydroxylation sites is 4. The van der Waals surface area contributed by atoms with Crippen molar-refractivity contribution < 1.29 is 0 Å². The molecule has 1 aromatic heterocycles. The molecule has 1 N–H and O–H groups in total. The molecule has 9 aromatic carbocycles. The summed E-state index contributed by atoms with van der Waals surface area (Å²) >= 11 is 1.93. The largest absolute Gasteiger partial charge is 0.356 e. The van der Waals surface area contributed by atoms with E-state index < -0.39 is 0 Å². The molecule has 0 atom stereocenters. The van der Waals surface area contributed by atoms with Crippen molar-refractivity contribution in [3.63, 3.8) is 0 Å². The van der Waals surface area contributed by atoms with Gasteiger partial charge in [0.05, 0.1) is 0 Å². The number of rotatable bonds is 11. The molecule has 0 saturated carbocycles. The Kier molecular flexibility index (Phi) is 10.2. The Hall–Kier alpha value is -7.86. The molecule has 1 aliphatic carbocycles. The smallest absolute Gasteiger partial charge is 0.0468 e. The first-order chi connectivity index (χ1) is 31.2. The minimum atomic E-state index is 0.952.